The van der Waals surface area contributed by atoms with Gasteiger partial charge in [0.05, 0.1) is 0 Å². The summed E-state index contributed by atoms with van der Waals surface area (Å²) in [6.45, 7) is 0. The van der Waals surface area contributed by atoms with E-state index >= 15 is 0 Å². The van der Waals surface area contributed by atoms with Crippen LogP contribution >= 0.6 is 46.4 Å². The van der Waals surface area contributed by atoms with Crippen LogP contribution in [0, 0.1) is 0 Å². The normalized spacial score (nSPS) is 11.4. The predicted octanol–water partition coefficient (Wildman–Crippen LogP) is 5.68. The van der Waals surface area contributed by atoms with Crippen molar-refractivity contribution in [3.8, 4) is 0 Å². The monoisotopic (exact) mass is 472 g/mol. The van der Waals surface area contributed by atoms with Crippen molar-refractivity contribution in [1.82, 2.24) is 0 Å². The molecule has 0 aliphatic rings. The number of benzene rings is 4. The molecule has 0 amide bonds. The molecule has 0 saturated heterocycles. The molecule has 0 fully saturated rings. The second-order valence-corrected chi connectivity index (χ2v) is 12.3. The summed E-state index contributed by atoms with van der Waals surface area (Å²) >= 11 is 24.9. The standard InChI is InChI=1S/C24H16Cl4Si/c25-17-1-9-21(10-2-17)29(22-11-3-18(26)4-12-22,23-13-5-19(27)6-14-23)24-15-7-20(28)8-16-24/h1-16H. The molecule has 144 valence electrons. The number of hydrogen-bond acceptors (Lipinski definition) is 0. The molecule has 0 aromatic heterocycles. The molecule has 29 heavy (non-hydrogen) atoms. The van der Waals surface area contributed by atoms with Gasteiger partial charge in [0.25, 0.3) is 0 Å². The van der Waals surface area contributed by atoms with Gasteiger partial charge >= 0.3 is 0 Å². The molecule has 5 heteroatoms. The van der Waals surface area contributed by atoms with E-state index in [2.05, 4.69) is 48.5 Å². The molecule has 0 aliphatic heterocycles. The third kappa shape index (κ3) is 3.99. The molecule has 4 rings (SSSR count). The Morgan fingerprint density at radius 1 is 0.310 bits per heavy atom. The average Bonchev–Trinajstić information content (AvgIpc) is 2.73. The first-order valence-electron chi connectivity index (χ1n) is 9.04. The van der Waals surface area contributed by atoms with Gasteiger partial charge in [-0.3, -0.25) is 0 Å². The van der Waals surface area contributed by atoms with E-state index in [9.17, 15) is 0 Å². The van der Waals surface area contributed by atoms with Crippen LogP contribution in [-0.2, 0) is 0 Å². The molecule has 4 aromatic carbocycles. The minimum Gasteiger partial charge on any atom is -0.0843 e. The highest BCUT2D eigenvalue weighted by Crippen LogP contribution is 2.16. The van der Waals surface area contributed by atoms with Gasteiger partial charge in [-0.1, -0.05) is 94.9 Å². The van der Waals surface area contributed by atoms with Crippen LogP contribution in [0.15, 0.2) is 97.1 Å². The molecule has 0 saturated carbocycles. The lowest BCUT2D eigenvalue weighted by Crippen LogP contribution is -2.74. The first kappa shape index (κ1) is 20.5. The van der Waals surface area contributed by atoms with Crippen LogP contribution in [0.25, 0.3) is 0 Å². The zero-order chi connectivity index (χ0) is 20.4. The first-order chi connectivity index (χ1) is 14.0. The molecule has 0 aliphatic carbocycles. The van der Waals surface area contributed by atoms with Crippen molar-refractivity contribution in [2.45, 2.75) is 0 Å². The maximum Gasteiger partial charge on any atom is 0.179 e. The lowest BCUT2D eigenvalue weighted by molar-refractivity contribution is 1.66. The van der Waals surface area contributed by atoms with Crippen LogP contribution in [-0.4, -0.2) is 8.07 Å². The van der Waals surface area contributed by atoms with E-state index in [1.807, 2.05) is 48.5 Å². The minimum absolute atomic E-state index is 0.708. The quantitative estimate of drug-likeness (QED) is 0.264. The maximum atomic E-state index is 6.23. The highest BCUT2D eigenvalue weighted by molar-refractivity contribution is 7.19. The molecular weight excluding hydrogens is 458 g/mol. The van der Waals surface area contributed by atoms with Crippen molar-refractivity contribution >= 4 is 75.2 Å². The summed E-state index contributed by atoms with van der Waals surface area (Å²) in [5.74, 6) is 0. The molecule has 4 aromatic rings. The Bertz CT molecular complexity index is 916. The van der Waals surface area contributed by atoms with Crippen molar-refractivity contribution in [2.24, 2.45) is 0 Å². The summed E-state index contributed by atoms with van der Waals surface area (Å²) in [7, 11) is -2.63. The summed E-state index contributed by atoms with van der Waals surface area (Å²) in [5.41, 5.74) is 0. The van der Waals surface area contributed by atoms with Crippen molar-refractivity contribution in [1.29, 1.82) is 0 Å². The first-order valence-corrected chi connectivity index (χ1v) is 12.6. The summed E-state index contributed by atoms with van der Waals surface area (Å²) < 4.78 is 0. The van der Waals surface area contributed by atoms with Gasteiger partial charge in [0.15, 0.2) is 8.07 Å². The van der Waals surface area contributed by atoms with Gasteiger partial charge in [-0.2, -0.15) is 0 Å². The molecule has 0 unspecified atom stereocenters. The van der Waals surface area contributed by atoms with Gasteiger partial charge in [-0.15, -0.1) is 0 Å². The molecule has 0 radical (unpaired) electrons. The van der Waals surface area contributed by atoms with Crippen molar-refractivity contribution in [3.05, 3.63) is 117 Å². The van der Waals surface area contributed by atoms with Crippen LogP contribution in [0.1, 0.15) is 0 Å². The van der Waals surface area contributed by atoms with Crippen LogP contribution in [0.4, 0.5) is 0 Å². The van der Waals surface area contributed by atoms with Crippen LogP contribution in [0.3, 0.4) is 0 Å². The zero-order valence-electron chi connectivity index (χ0n) is 15.2. The highest BCUT2D eigenvalue weighted by atomic mass is 35.5. The van der Waals surface area contributed by atoms with Crippen LogP contribution in [0.5, 0.6) is 0 Å². The Hall–Kier alpha value is -1.74. The molecule has 0 atom stereocenters. The molecule has 0 bridgehead atoms. The van der Waals surface area contributed by atoms with Gasteiger partial charge in [-0.05, 0) is 69.3 Å². The molecule has 0 heterocycles. The third-order valence-electron chi connectivity index (χ3n) is 5.11. The summed E-state index contributed by atoms with van der Waals surface area (Å²) in [6.07, 6.45) is 0. The van der Waals surface area contributed by atoms with E-state index in [-0.39, 0.29) is 0 Å². The Balaban J connectivity index is 2.11. The number of halogens is 4. The van der Waals surface area contributed by atoms with E-state index in [0.717, 1.165) is 0 Å². The smallest absolute Gasteiger partial charge is 0.0843 e. The third-order valence-corrected chi connectivity index (χ3v) is 10.9. The van der Waals surface area contributed by atoms with Gasteiger partial charge in [-0.25, -0.2) is 0 Å². The van der Waals surface area contributed by atoms with Gasteiger partial charge in [0.1, 0.15) is 0 Å². The summed E-state index contributed by atoms with van der Waals surface area (Å²) in [4.78, 5) is 0. The Kier molecular flexibility index (Phi) is 6.05. The van der Waals surface area contributed by atoms with E-state index in [4.69, 9.17) is 46.4 Å². The zero-order valence-corrected chi connectivity index (χ0v) is 19.3. The molecule has 0 nitrogen and oxygen atoms in total. The average molecular weight is 474 g/mol. The lowest BCUT2D eigenvalue weighted by atomic mass is 10.3. The fourth-order valence-electron chi connectivity index (χ4n) is 3.80. The maximum absolute atomic E-state index is 6.23. The second-order valence-electron chi connectivity index (χ2n) is 6.78. The number of rotatable bonds is 4. The van der Waals surface area contributed by atoms with Crippen LogP contribution in [0.2, 0.25) is 20.1 Å². The fourth-order valence-corrected chi connectivity index (χ4v) is 8.97. The number of hydrogen-bond donors (Lipinski definition) is 0. The molecule has 0 spiro atoms. The van der Waals surface area contributed by atoms with E-state index in [1.54, 1.807) is 0 Å². The van der Waals surface area contributed by atoms with Crippen molar-refractivity contribution in [2.75, 3.05) is 0 Å². The van der Waals surface area contributed by atoms with Gasteiger partial charge in [0, 0.05) is 20.1 Å². The SMILES string of the molecule is Clc1ccc([Si](c2ccc(Cl)cc2)(c2ccc(Cl)cc2)c2ccc(Cl)cc2)cc1. The van der Waals surface area contributed by atoms with E-state index < -0.39 is 8.07 Å². The second kappa shape index (κ2) is 8.55. The Morgan fingerprint density at radius 2 is 0.483 bits per heavy atom. The van der Waals surface area contributed by atoms with Crippen molar-refractivity contribution in [3.63, 3.8) is 0 Å². The van der Waals surface area contributed by atoms with Gasteiger partial charge in [0.2, 0.25) is 0 Å². The summed E-state index contributed by atoms with van der Waals surface area (Å²) in [6, 6.07) is 32.5. The fraction of sp³-hybridized carbons (Fsp3) is 0. The topological polar surface area (TPSA) is 0 Å². The predicted molar refractivity (Wildman–Crippen MR) is 130 cm³/mol. The minimum atomic E-state index is -2.63. The Labute approximate surface area is 191 Å². The molecule has 0 N–H and O–H groups in total. The highest BCUT2D eigenvalue weighted by Gasteiger charge is 2.41. The Morgan fingerprint density at radius 3 is 0.655 bits per heavy atom. The molecular formula is C24H16Cl4Si. The summed E-state index contributed by atoms with van der Waals surface area (Å²) in [5, 5.41) is 7.70. The largest absolute Gasteiger partial charge is 0.179 e. The lowest BCUT2D eigenvalue weighted by Gasteiger charge is -2.34. The van der Waals surface area contributed by atoms with E-state index in [0.29, 0.717) is 20.1 Å². The van der Waals surface area contributed by atoms with Crippen molar-refractivity contribution < 1.29 is 0 Å². The van der Waals surface area contributed by atoms with Gasteiger partial charge < -0.3 is 0 Å². The van der Waals surface area contributed by atoms with Crippen LogP contribution < -0.4 is 20.7 Å². The van der Waals surface area contributed by atoms with E-state index in [1.165, 1.54) is 20.7 Å².